The predicted octanol–water partition coefficient (Wildman–Crippen LogP) is 4.46. The monoisotopic (exact) mass is 377 g/mol. The van der Waals surface area contributed by atoms with Gasteiger partial charge in [0.2, 0.25) is 0 Å². The molecular formula is C13H17Br2NO2. The van der Waals surface area contributed by atoms with Crippen LogP contribution in [0.5, 0.6) is 0 Å². The maximum absolute atomic E-state index is 11.7. The van der Waals surface area contributed by atoms with E-state index in [2.05, 4.69) is 51.0 Å². The summed E-state index contributed by atoms with van der Waals surface area (Å²) in [7, 11) is 1.38. The molecule has 1 N–H and O–H groups in total. The van der Waals surface area contributed by atoms with E-state index in [0.717, 1.165) is 27.6 Å². The Morgan fingerprint density at radius 1 is 1.44 bits per heavy atom. The average Bonchev–Trinajstić information content (AvgIpc) is 2.35. The van der Waals surface area contributed by atoms with Crippen LogP contribution in [0, 0.1) is 5.92 Å². The number of benzene rings is 1. The molecule has 0 fully saturated rings. The van der Waals surface area contributed by atoms with Crippen molar-refractivity contribution < 1.29 is 9.53 Å². The van der Waals surface area contributed by atoms with Crippen molar-refractivity contribution in [1.82, 2.24) is 0 Å². The molecule has 0 aliphatic rings. The van der Waals surface area contributed by atoms with Gasteiger partial charge in [-0.25, -0.2) is 4.79 Å². The lowest BCUT2D eigenvalue weighted by molar-refractivity contribution is 0.0601. The first-order chi connectivity index (χ1) is 8.49. The lowest BCUT2D eigenvalue weighted by Crippen LogP contribution is -2.14. The van der Waals surface area contributed by atoms with Crippen LogP contribution in [-0.2, 0) is 4.74 Å². The molecule has 1 unspecified atom stereocenters. The molecule has 5 heteroatoms. The smallest absolute Gasteiger partial charge is 0.340 e. The van der Waals surface area contributed by atoms with E-state index in [-0.39, 0.29) is 5.97 Å². The Morgan fingerprint density at radius 3 is 2.67 bits per heavy atom. The highest BCUT2D eigenvalue weighted by molar-refractivity contribution is 9.11. The van der Waals surface area contributed by atoms with E-state index in [4.69, 9.17) is 4.74 Å². The molecule has 1 rings (SSSR count). The van der Waals surface area contributed by atoms with Gasteiger partial charge in [-0.15, -0.1) is 0 Å². The SMILES string of the molecule is CCC(C)CNc1c(Br)cc(Br)cc1C(=O)OC. The molecule has 18 heavy (non-hydrogen) atoms. The summed E-state index contributed by atoms with van der Waals surface area (Å²) in [6, 6.07) is 3.67. The lowest BCUT2D eigenvalue weighted by atomic mass is 10.1. The zero-order chi connectivity index (χ0) is 13.7. The molecule has 0 aliphatic heterocycles. The van der Waals surface area contributed by atoms with E-state index in [0.29, 0.717) is 11.5 Å². The van der Waals surface area contributed by atoms with Crippen LogP contribution in [0.15, 0.2) is 21.1 Å². The van der Waals surface area contributed by atoms with Gasteiger partial charge >= 0.3 is 5.97 Å². The maximum Gasteiger partial charge on any atom is 0.340 e. The number of halogens is 2. The number of carbonyl (C=O) groups is 1. The molecular weight excluding hydrogens is 362 g/mol. The van der Waals surface area contributed by atoms with Gasteiger partial charge < -0.3 is 10.1 Å². The summed E-state index contributed by atoms with van der Waals surface area (Å²) < 4.78 is 6.48. The summed E-state index contributed by atoms with van der Waals surface area (Å²) in [4.78, 5) is 11.7. The van der Waals surface area contributed by atoms with Crippen molar-refractivity contribution in [3.8, 4) is 0 Å². The van der Waals surface area contributed by atoms with Gasteiger partial charge in [-0.1, -0.05) is 36.2 Å². The third kappa shape index (κ3) is 3.99. The first-order valence-corrected chi connectivity index (χ1v) is 7.39. The van der Waals surface area contributed by atoms with E-state index >= 15 is 0 Å². The zero-order valence-corrected chi connectivity index (χ0v) is 13.9. The summed E-state index contributed by atoms with van der Waals surface area (Å²) in [6.45, 7) is 5.13. The second-order valence-electron chi connectivity index (χ2n) is 4.20. The van der Waals surface area contributed by atoms with Crippen LogP contribution >= 0.6 is 31.9 Å². The van der Waals surface area contributed by atoms with Gasteiger partial charge in [0.1, 0.15) is 0 Å². The van der Waals surface area contributed by atoms with Gasteiger partial charge in [0.05, 0.1) is 18.4 Å². The van der Waals surface area contributed by atoms with Gasteiger partial charge in [0, 0.05) is 15.5 Å². The zero-order valence-electron chi connectivity index (χ0n) is 10.7. The standard InChI is InChI=1S/C13H17Br2NO2/c1-4-8(2)7-16-12-10(13(17)18-3)5-9(14)6-11(12)15/h5-6,8,16H,4,7H2,1-3H3. The minimum Gasteiger partial charge on any atom is -0.465 e. The fourth-order valence-corrected chi connectivity index (χ4v) is 2.81. The molecule has 0 aliphatic carbocycles. The van der Waals surface area contributed by atoms with Gasteiger partial charge in [0.15, 0.2) is 0 Å². The van der Waals surface area contributed by atoms with E-state index in [9.17, 15) is 4.79 Å². The van der Waals surface area contributed by atoms with Crippen molar-refractivity contribution in [1.29, 1.82) is 0 Å². The van der Waals surface area contributed by atoms with Crippen molar-refractivity contribution in [3.05, 3.63) is 26.6 Å². The number of nitrogens with one attached hydrogen (secondary N) is 1. The van der Waals surface area contributed by atoms with Crippen molar-refractivity contribution in [2.24, 2.45) is 5.92 Å². The highest BCUT2D eigenvalue weighted by atomic mass is 79.9. The van der Waals surface area contributed by atoms with Crippen LogP contribution in [0.3, 0.4) is 0 Å². The Balaban J connectivity index is 3.04. The third-order valence-corrected chi connectivity index (χ3v) is 3.87. The minimum atomic E-state index is -0.344. The summed E-state index contributed by atoms with van der Waals surface area (Å²) in [5.41, 5.74) is 1.31. The topological polar surface area (TPSA) is 38.3 Å². The van der Waals surface area contributed by atoms with Gasteiger partial charge in [-0.05, 0) is 34.0 Å². The van der Waals surface area contributed by atoms with Gasteiger partial charge in [-0.2, -0.15) is 0 Å². The molecule has 1 aromatic carbocycles. The molecule has 1 aromatic rings. The maximum atomic E-state index is 11.7. The number of anilines is 1. The van der Waals surface area contributed by atoms with E-state index < -0.39 is 0 Å². The molecule has 0 aromatic heterocycles. The second kappa shape index (κ2) is 7.14. The van der Waals surface area contributed by atoms with Crippen LogP contribution in [0.4, 0.5) is 5.69 Å². The van der Waals surface area contributed by atoms with Gasteiger partial charge in [0.25, 0.3) is 0 Å². The van der Waals surface area contributed by atoms with Crippen LogP contribution in [0.2, 0.25) is 0 Å². The molecule has 100 valence electrons. The Kier molecular flexibility index (Phi) is 6.15. The summed E-state index contributed by atoms with van der Waals surface area (Å²) >= 11 is 6.84. The highest BCUT2D eigenvalue weighted by Gasteiger charge is 2.16. The van der Waals surface area contributed by atoms with Gasteiger partial charge in [-0.3, -0.25) is 0 Å². The van der Waals surface area contributed by atoms with Crippen molar-refractivity contribution in [3.63, 3.8) is 0 Å². The number of ether oxygens (including phenoxy) is 1. The first-order valence-electron chi connectivity index (χ1n) is 5.80. The summed E-state index contributed by atoms with van der Waals surface area (Å²) in [6.07, 6.45) is 1.09. The normalized spacial score (nSPS) is 12.1. The fourth-order valence-electron chi connectivity index (χ4n) is 1.44. The number of hydrogen-bond acceptors (Lipinski definition) is 3. The Bertz CT molecular complexity index is 435. The largest absolute Gasteiger partial charge is 0.465 e. The Labute approximate surface area is 125 Å². The molecule has 0 saturated carbocycles. The third-order valence-electron chi connectivity index (χ3n) is 2.78. The van der Waals surface area contributed by atoms with E-state index in [1.807, 2.05) is 6.07 Å². The summed E-state index contributed by atoms with van der Waals surface area (Å²) in [5.74, 6) is 0.203. The molecule has 0 spiro atoms. The number of carbonyl (C=O) groups excluding carboxylic acids is 1. The fraction of sp³-hybridized carbons (Fsp3) is 0.462. The van der Waals surface area contributed by atoms with E-state index in [1.54, 1.807) is 6.07 Å². The molecule has 0 bridgehead atoms. The van der Waals surface area contributed by atoms with E-state index in [1.165, 1.54) is 7.11 Å². The molecule has 3 nitrogen and oxygen atoms in total. The second-order valence-corrected chi connectivity index (χ2v) is 5.97. The van der Waals surface area contributed by atoms with Crippen molar-refractivity contribution in [2.45, 2.75) is 20.3 Å². The Hall–Kier alpha value is -0.550. The molecule has 0 heterocycles. The minimum absolute atomic E-state index is 0.344. The van der Waals surface area contributed by atoms with Crippen LogP contribution < -0.4 is 5.32 Å². The molecule has 0 amide bonds. The number of esters is 1. The van der Waals surface area contributed by atoms with Crippen molar-refractivity contribution in [2.75, 3.05) is 19.0 Å². The molecule has 0 saturated heterocycles. The summed E-state index contributed by atoms with van der Waals surface area (Å²) in [5, 5.41) is 3.31. The highest BCUT2D eigenvalue weighted by Crippen LogP contribution is 2.31. The van der Waals surface area contributed by atoms with Crippen LogP contribution in [0.25, 0.3) is 0 Å². The Morgan fingerprint density at radius 2 is 2.11 bits per heavy atom. The molecule has 0 radical (unpaired) electrons. The van der Waals surface area contributed by atoms with Crippen LogP contribution in [0.1, 0.15) is 30.6 Å². The predicted molar refractivity (Wildman–Crippen MR) is 81.1 cm³/mol. The number of rotatable bonds is 5. The number of hydrogen-bond donors (Lipinski definition) is 1. The number of methoxy groups -OCH3 is 1. The average molecular weight is 379 g/mol. The molecule has 1 atom stereocenters. The van der Waals surface area contributed by atoms with Crippen LogP contribution in [-0.4, -0.2) is 19.6 Å². The van der Waals surface area contributed by atoms with Crippen molar-refractivity contribution >= 4 is 43.5 Å². The first kappa shape index (κ1) is 15.5. The quantitative estimate of drug-likeness (QED) is 0.769. The lowest BCUT2D eigenvalue weighted by Gasteiger charge is -2.16.